The monoisotopic (exact) mass is 1010 g/mol. The van der Waals surface area contributed by atoms with Crippen molar-refractivity contribution >= 4 is 17.9 Å². The number of carboxylic acids is 1. The number of esters is 2. The second-order valence-electron chi connectivity index (χ2n) is 23.7. The Labute approximate surface area is 415 Å². The van der Waals surface area contributed by atoms with Crippen LogP contribution in [0.5, 0.6) is 0 Å². The maximum absolute atomic E-state index is 13.8. The van der Waals surface area contributed by atoms with E-state index in [1.165, 1.54) is 0 Å². The zero-order chi connectivity index (χ0) is 52.9. The van der Waals surface area contributed by atoms with Crippen LogP contribution >= 0.6 is 0 Å². The molecule has 22 atom stereocenters. The number of ether oxygens (including phenoxy) is 6. The van der Waals surface area contributed by atoms with Crippen LogP contribution in [0.25, 0.3) is 0 Å². The van der Waals surface area contributed by atoms with Crippen LogP contribution in [0.4, 0.5) is 0 Å². The van der Waals surface area contributed by atoms with Crippen molar-refractivity contribution in [3.63, 3.8) is 0 Å². The van der Waals surface area contributed by atoms with E-state index in [9.17, 15) is 65.4 Å². The lowest BCUT2D eigenvalue weighted by Crippen LogP contribution is -2.76. The number of aliphatic carboxylic acids is 1. The van der Waals surface area contributed by atoms with E-state index in [-0.39, 0.29) is 17.4 Å². The van der Waals surface area contributed by atoms with Gasteiger partial charge in [0, 0.05) is 22.0 Å². The molecule has 0 aromatic heterocycles. The number of fused-ring (bicyclic) bond motifs is 7. The molecule has 0 aromatic rings. The van der Waals surface area contributed by atoms with Gasteiger partial charge in [0.2, 0.25) is 0 Å². The normalized spacial score (nSPS) is 48.4. The van der Waals surface area contributed by atoms with Gasteiger partial charge in [0.05, 0.1) is 36.9 Å². The predicted octanol–water partition coefficient (Wildman–Crippen LogP) is 1.80. The summed E-state index contributed by atoms with van der Waals surface area (Å²) in [6.07, 6.45) is -15.8. The Morgan fingerprint density at radius 3 is 1.89 bits per heavy atom. The highest BCUT2D eigenvalue weighted by Crippen LogP contribution is 2.76. The molecule has 4 saturated carbocycles. The lowest BCUT2D eigenvalue weighted by Gasteiger charge is -2.73. The fourth-order valence-electron chi connectivity index (χ4n) is 15.0. The fraction of sp³-hybridized carbons (Fsp3) is 0.827. The first-order valence-corrected chi connectivity index (χ1v) is 25.2. The number of aliphatic hydroxyl groups is 9. The third kappa shape index (κ3) is 8.49. The molecular formula is C52H80O19. The average molecular weight is 1010 g/mol. The van der Waals surface area contributed by atoms with Crippen molar-refractivity contribution in [1.82, 2.24) is 0 Å². The number of rotatable bonds is 11. The quantitative estimate of drug-likeness (QED) is 0.0611. The summed E-state index contributed by atoms with van der Waals surface area (Å²) in [5.41, 5.74) is -3.97. The Morgan fingerprint density at radius 2 is 1.32 bits per heavy atom. The van der Waals surface area contributed by atoms with Gasteiger partial charge in [0.1, 0.15) is 48.8 Å². The van der Waals surface area contributed by atoms with E-state index in [0.717, 1.165) is 5.57 Å². The number of carbonyl (C=O) groups excluding carboxylic acids is 2. The van der Waals surface area contributed by atoms with E-state index >= 15 is 0 Å². The molecule has 0 spiro atoms. The lowest BCUT2D eigenvalue weighted by atomic mass is 9.32. The molecule has 7 unspecified atom stereocenters. The second-order valence-corrected chi connectivity index (χ2v) is 23.7. The van der Waals surface area contributed by atoms with Crippen molar-refractivity contribution < 1.29 is 93.9 Å². The number of hydrogen-bond acceptors (Lipinski definition) is 18. The Hall–Kier alpha value is -2.89. The average Bonchev–Trinajstić information content (AvgIpc) is 3.31. The maximum atomic E-state index is 13.8. The summed E-state index contributed by atoms with van der Waals surface area (Å²) in [6, 6.07) is 0. The van der Waals surface area contributed by atoms with Gasteiger partial charge in [-0.3, -0.25) is 0 Å². The van der Waals surface area contributed by atoms with Gasteiger partial charge in [-0.1, -0.05) is 72.3 Å². The topological polar surface area (TPSA) is 309 Å². The fourth-order valence-corrected chi connectivity index (χ4v) is 15.0. The van der Waals surface area contributed by atoms with Gasteiger partial charge < -0.3 is 79.5 Å². The molecule has 402 valence electrons. The minimum Gasteiger partial charge on any atom is -0.479 e. The zero-order valence-electron chi connectivity index (χ0n) is 42.9. The predicted molar refractivity (Wildman–Crippen MR) is 250 cm³/mol. The standard InChI is InChI=1S/C52H80O19/c1-12-23(3)43(64)70-40-41(71-44(65)24(4)13-2)52(22-54)26(20-47(40,5)6)25-14-15-29-49(9)18-17-30(48(7,8)28(49)16-19-50(29,10)51(25,11)38(60)39(52)61)67-46-37(34(58)33(57)36(68-46)42(62)63)69-45-35(59)32(56)31(55)27(21-53)66-45/h12-14,26-41,45-46,53-61H,15-22H2,1-11H3,(H,62,63)/t26?,27?,28?,29?,30-,31-,32+,33-,34+,35?,36?,37?,38-,39+,40-,41-,45-,46+,49-,50+,51-,52-/m0/s1. The first-order chi connectivity index (χ1) is 33.0. The van der Waals surface area contributed by atoms with Gasteiger partial charge in [0.15, 0.2) is 24.8 Å². The molecule has 0 radical (unpaired) electrons. The van der Waals surface area contributed by atoms with Crippen molar-refractivity contribution in [2.45, 2.75) is 207 Å². The SMILES string of the molecule is CC=C(C)C(=O)O[C@H]1[C@H](OC(=O)C(C)=CC)[C@@]2(CO)C(CC1(C)C)C1=CCC3[C@@]4(C)CC[C@H](O[C@@H]5OC(C(=O)O)[C@@H](O)[C@@H](O)C5O[C@@H]5OC(CO)[C@H](O)[C@@H](O)C5O)C(C)(C)C4CC[C@@]3(C)[C@]1(C)[C@@H](O)[C@H]2O. The van der Waals surface area contributed by atoms with Gasteiger partial charge in [0.25, 0.3) is 0 Å². The van der Waals surface area contributed by atoms with Gasteiger partial charge >= 0.3 is 17.9 Å². The van der Waals surface area contributed by atoms with Gasteiger partial charge in [-0.15, -0.1) is 0 Å². The van der Waals surface area contributed by atoms with Crippen LogP contribution < -0.4 is 0 Å². The highest BCUT2D eigenvalue weighted by molar-refractivity contribution is 5.89. The Balaban J connectivity index is 1.22. The van der Waals surface area contributed by atoms with E-state index in [1.807, 2.05) is 34.6 Å². The minimum atomic E-state index is -2.02. The second kappa shape index (κ2) is 19.7. The van der Waals surface area contributed by atoms with E-state index in [4.69, 9.17) is 28.4 Å². The summed E-state index contributed by atoms with van der Waals surface area (Å²) in [5.74, 6) is -3.72. The summed E-state index contributed by atoms with van der Waals surface area (Å²) >= 11 is 0. The molecule has 7 aliphatic rings. The van der Waals surface area contributed by atoms with Crippen LogP contribution in [0.1, 0.15) is 115 Å². The minimum absolute atomic E-state index is 0.0740. The Bertz CT molecular complexity index is 2120. The molecule has 19 nitrogen and oxygen atoms in total. The molecule has 0 aromatic carbocycles. The number of aliphatic hydroxyl groups excluding tert-OH is 9. The third-order valence-electron chi connectivity index (χ3n) is 19.6. The summed E-state index contributed by atoms with van der Waals surface area (Å²) in [7, 11) is 0. The number of hydrogen-bond donors (Lipinski definition) is 10. The van der Waals surface area contributed by atoms with E-state index in [0.29, 0.717) is 44.1 Å². The Kier molecular flexibility index (Phi) is 15.5. The summed E-state index contributed by atoms with van der Waals surface area (Å²) < 4.78 is 36.5. The number of carbonyl (C=O) groups is 3. The molecule has 0 amide bonds. The van der Waals surface area contributed by atoms with Crippen LogP contribution in [0.15, 0.2) is 34.9 Å². The van der Waals surface area contributed by atoms with E-state index in [1.54, 1.807) is 39.8 Å². The summed E-state index contributed by atoms with van der Waals surface area (Å²) in [4.78, 5) is 39.6. The van der Waals surface area contributed by atoms with Crippen LogP contribution in [0.3, 0.4) is 0 Å². The molecule has 0 bridgehead atoms. The van der Waals surface area contributed by atoms with E-state index in [2.05, 4.69) is 19.9 Å². The molecule has 2 heterocycles. The smallest absolute Gasteiger partial charge is 0.335 e. The number of allylic oxidation sites excluding steroid dienone is 3. The van der Waals surface area contributed by atoms with Crippen molar-refractivity contribution in [2.75, 3.05) is 13.2 Å². The molecular weight excluding hydrogens is 929 g/mol. The molecule has 19 heteroatoms. The lowest BCUT2D eigenvalue weighted by molar-refractivity contribution is -0.374. The third-order valence-corrected chi connectivity index (χ3v) is 19.6. The maximum Gasteiger partial charge on any atom is 0.335 e. The molecule has 6 fully saturated rings. The molecule has 71 heavy (non-hydrogen) atoms. The first kappa shape index (κ1) is 55.9. The molecule has 5 aliphatic carbocycles. The van der Waals surface area contributed by atoms with Crippen molar-refractivity contribution in [3.05, 3.63) is 34.9 Å². The molecule has 2 aliphatic heterocycles. The highest BCUT2D eigenvalue weighted by atomic mass is 16.8. The van der Waals surface area contributed by atoms with Crippen molar-refractivity contribution in [1.29, 1.82) is 0 Å². The van der Waals surface area contributed by atoms with Crippen molar-refractivity contribution in [3.8, 4) is 0 Å². The van der Waals surface area contributed by atoms with Crippen LogP contribution in [0, 0.1) is 50.2 Å². The molecule has 7 rings (SSSR count). The first-order valence-electron chi connectivity index (χ1n) is 25.2. The van der Waals surface area contributed by atoms with E-state index < -0.39 is 161 Å². The molecule has 2 saturated heterocycles. The summed E-state index contributed by atoms with van der Waals surface area (Å²) in [5, 5.41) is 111. The van der Waals surface area contributed by atoms with Gasteiger partial charge in [-0.2, -0.15) is 0 Å². The Morgan fingerprint density at radius 1 is 0.718 bits per heavy atom. The highest BCUT2D eigenvalue weighted by Gasteiger charge is 2.76. The molecule has 10 N–H and O–H groups in total. The van der Waals surface area contributed by atoms with Crippen LogP contribution in [-0.2, 0) is 42.8 Å². The zero-order valence-corrected chi connectivity index (χ0v) is 42.9. The van der Waals surface area contributed by atoms with Crippen molar-refractivity contribution in [2.24, 2.45) is 50.2 Å². The number of carboxylic acid groups (broad SMARTS) is 1. The van der Waals surface area contributed by atoms with Gasteiger partial charge in [-0.05, 0) is 100 Å². The van der Waals surface area contributed by atoms with Crippen LogP contribution in [0.2, 0.25) is 0 Å². The van der Waals surface area contributed by atoms with Crippen LogP contribution in [-0.4, -0.2) is 174 Å². The van der Waals surface area contributed by atoms with Gasteiger partial charge in [-0.25, -0.2) is 14.4 Å². The summed E-state index contributed by atoms with van der Waals surface area (Å²) in [6.45, 7) is 19.5. The largest absolute Gasteiger partial charge is 0.479 e.